The summed E-state index contributed by atoms with van der Waals surface area (Å²) in [4.78, 5) is 23.3. The molecular formula is C16H19ClN4O3. The summed E-state index contributed by atoms with van der Waals surface area (Å²) >= 11 is 6.14. The van der Waals surface area contributed by atoms with Crippen molar-refractivity contribution in [2.24, 2.45) is 12.8 Å². The molecule has 1 amide bonds. The quantitative estimate of drug-likeness (QED) is 0.739. The first-order chi connectivity index (χ1) is 11.3. The van der Waals surface area contributed by atoms with E-state index in [1.807, 2.05) is 0 Å². The molecule has 0 saturated carbocycles. The van der Waals surface area contributed by atoms with Crippen LogP contribution in [0.1, 0.15) is 34.1 Å². The van der Waals surface area contributed by atoms with Crippen LogP contribution in [0.2, 0.25) is 5.02 Å². The van der Waals surface area contributed by atoms with Gasteiger partial charge in [0.25, 0.3) is 5.91 Å². The number of nitrogens with two attached hydrogens (primary N) is 1. The summed E-state index contributed by atoms with van der Waals surface area (Å²) in [6, 6.07) is 6.66. The summed E-state index contributed by atoms with van der Waals surface area (Å²) in [5.74, 6) is -1.63. The number of carbonyl (C=O) groups excluding carboxylic acids is 1. The minimum Gasteiger partial charge on any atom is -0.481 e. The van der Waals surface area contributed by atoms with Gasteiger partial charge in [0, 0.05) is 13.0 Å². The van der Waals surface area contributed by atoms with Gasteiger partial charge < -0.3 is 16.2 Å². The summed E-state index contributed by atoms with van der Waals surface area (Å²) in [5.41, 5.74) is 7.90. The molecule has 0 bridgehead atoms. The number of halogens is 1. The number of rotatable bonds is 6. The van der Waals surface area contributed by atoms with E-state index in [-0.39, 0.29) is 24.8 Å². The normalized spacial score (nSPS) is 12.0. The van der Waals surface area contributed by atoms with Crippen molar-refractivity contribution >= 4 is 29.2 Å². The second-order valence-electron chi connectivity index (χ2n) is 5.52. The van der Waals surface area contributed by atoms with Gasteiger partial charge in [-0.05, 0) is 37.2 Å². The molecule has 0 aliphatic heterocycles. The van der Waals surface area contributed by atoms with Gasteiger partial charge in [-0.25, -0.2) is 0 Å². The molecule has 1 heterocycles. The number of aryl methyl sites for hydroxylation is 2. The van der Waals surface area contributed by atoms with E-state index in [9.17, 15) is 9.59 Å². The lowest BCUT2D eigenvalue weighted by molar-refractivity contribution is -0.137. The predicted octanol–water partition coefficient (Wildman–Crippen LogP) is 2.15. The third kappa shape index (κ3) is 4.12. The Bertz CT molecular complexity index is 773. The standard InChI is InChI=1S/C16H19ClN4O3/c1-9-5-14(21(2)20-9)16(24)19-13-6-10(3-4-12(13)17)11(8-18)7-15(22)23/h3-6,11H,7-8,18H2,1-2H3,(H,19,24)(H,22,23)/t11-/m0/s1. The molecule has 0 saturated heterocycles. The number of anilines is 1. The molecule has 0 unspecified atom stereocenters. The van der Waals surface area contributed by atoms with Crippen LogP contribution < -0.4 is 11.1 Å². The van der Waals surface area contributed by atoms with Gasteiger partial charge >= 0.3 is 5.97 Å². The number of benzene rings is 1. The highest BCUT2D eigenvalue weighted by Gasteiger charge is 2.18. The van der Waals surface area contributed by atoms with Crippen LogP contribution in [0.4, 0.5) is 5.69 Å². The van der Waals surface area contributed by atoms with Gasteiger partial charge in [-0.2, -0.15) is 5.10 Å². The van der Waals surface area contributed by atoms with E-state index in [0.29, 0.717) is 22.0 Å². The van der Waals surface area contributed by atoms with Crippen LogP contribution in [0.5, 0.6) is 0 Å². The predicted molar refractivity (Wildman–Crippen MR) is 91.4 cm³/mol. The Labute approximate surface area is 144 Å². The van der Waals surface area contributed by atoms with E-state index in [1.165, 1.54) is 4.68 Å². The average molecular weight is 351 g/mol. The van der Waals surface area contributed by atoms with Gasteiger partial charge in [0.1, 0.15) is 5.69 Å². The molecule has 0 radical (unpaired) electrons. The first-order valence-electron chi connectivity index (χ1n) is 7.35. The molecule has 0 spiro atoms. The maximum absolute atomic E-state index is 12.4. The Morgan fingerprint density at radius 2 is 2.12 bits per heavy atom. The topological polar surface area (TPSA) is 110 Å². The molecule has 2 rings (SSSR count). The fourth-order valence-electron chi connectivity index (χ4n) is 2.45. The van der Waals surface area contributed by atoms with Crippen molar-refractivity contribution < 1.29 is 14.7 Å². The maximum Gasteiger partial charge on any atom is 0.304 e. The zero-order valence-corrected chi connectivity index (χ0v) is 14.2. The van der Waals surface area contributed by atoms with Crippen molar-refractivity contribution in [2.75, 3.05) is 11.9 Å². The number of amides is 1. The molecule has 128 valence electrons. The summed E-state index contributed by atoms with van der Waals surface area (Å²) in [6.07, 6.45) is -0.0908. The zero-order valence-electron chi connectivity index (χ0n) is 13.4. The fourth-order valence-corrected chi connectivity index (χ4v) is 2.61. The van der Waals surface area contributed by atoms with Crippen molar-refractivity contribution in [3.63, 3.8) is 0 Å². The van der Waals surface area contributed by atoms with Crippen LogP contribution in [0, 0.1) is 6.92 Å². The van der Waals surface area contributed by atoms with E-state index >= 15 is 0 Å². The van der Waals surface area contributed by atoms with Crippen molar-refractivity contribution in [3.05, 3.63) is 46.2 Å². The van der Waals surface area contributed by atoms with Crippen LogP contribution in [0.15, 0.2) is 24.3 Å². The fraction of sp³-hybridized carbons (Fsp3) is 0.312. The van der Waals surface area contributed by atoms with Crippen LogP contribution >= 0.6 is 11.6 Å². The number of aromatic nitrogens is 2. The van der Waals surface area contributed by atoms with Crippen molar-refractivity contribution in [1.82, 2.24) is 9.78 Å². The molecule has 0 fully saturated rings. The first kappa shape index (κ1) is 18.0. The summed E-state index contributed by atoms with van der Waals surface area (Å²) in [6.45, 7) is 1.98. The molecule has 1 aromatic carbocycles. The summed E-state index contributed by atoms with van der Waals surface area (Å²) in [5, 5.41) is 16.2. The molecule has 1 atom stereocenters. The van der Waals surface area contributed by atoms with E-state index in [0.717, 1.165) is 5.69 Å². The van der Waals surface area contributed by atoms with Crippen LogP contribution in [-0.2, 0) is 11.8 Å². The molecule has 7 nitrogen and oxygen atoms in total. The number of nitrogens with zero attached hydrogens (tertiary/aromatic N) is 2. The number of carboxylic acids is 1. The highest BCUT2D eigenvalue weighted by atomic mass is 35.5. The lowest BCUT2D eigenvalue weighted by atomic mass is 9.95. The second kappa shape index (κ2) is 7.46. The van der Waals surface area contributed by atoms with Gasteiger partial charge in [0.2, 0.25) is 0 Å². The Balaban J connectivity index is 2.26. The minimum absolute atomic E-state index is 0.0908. The van der Waals surface area contributed by atoms with Crippen LogP contribution in [0.3, 0.4) is 0 Å². The smallest absolute Gasteiger partial charge is 0.304 e. The van der Waals surface area contributed by atoms with Gasteiger partial charge in [-0.3, -0.25) is 14.3 Å². The van der Waals surface area contributed by atoms with E-state index in [4.69, 9.17) is 22.4 Å². The molecule has 24 heavy (non-hydrogen) atoms. The highest BCUT2D eigenvalue weighted by Crippen LogP contribution is 2.28. The first-order valence-corrected chi connectivity index (χ1v) is 7.73. The number of carbonyl (C=O) groups is 2. The molecular weight excluding hydrogens is 332 g/mol. The lowest BCUT2D eigenvalue weighted by Crippen LogP contribution is -2.18. The van der Waals surface area contributed by atoms with E-state index in [1.54, 1.807) is 38.2 Å². The third-order valence-corrected chi connectivity index (χ3v) is 3.98. The summed E-state index contributed by atoms with van der Waals surface area (Å²) in [7, 11) is 1.68. The minimum atomic E-state index is -0.934. The van der Waals surface area contributed by atoms with Gasteiger partial charge in [0.15, 0.2) is 0 Å². The highest BCUT2D eigenvalue weighted by molar-refractivity contribution is 6.33. The van der Waals surface area contributed by atoms with E-state index < -0.39 is 5.97 Å². The van der Waals surface area contributed by atoms with Crippen molar-refractivity contribution in [2.45, 2.75) is 19.3 Å². The Morgan fingerprint density at radius 3 is 2.67 bits per heavy atom. The lowest BCUT2D eigenvalue weighted by Gasteiger charge is -2.15. The Hall–Kier alpha value is -2.38. The Morgan fingerprint density at radius 1 is 1.42 bits per heavy atom. The zero-order chi connectivity index (χ0) is 17.9. The third-order valence-electron chi connectivity index (χ3n) is 3.65. The SMILES string of the molecule is Cc1cc(C(=O)Nc2cc([C@H](CN)CC(=O)O)ccc2Cl)n(C)n1. The van der Waals surface area contributed by atoms with Crippen molar-refractivity contribution in [3.8, 4) is 0 Å². The molecule has 1 aromatic heterocycles. The molecule has 2 aromatic rings. The number of carboxylic acid groups (broad SMARTS) is 1. The molecule has 0 aliphatic rings. The number of aliphatic carboxylic acids is 1. The number of hydrogen-bond donors (Lipinski definition) is 3. The monoisotopic (exact) mass is 350 g/mol. The average Bonchev–Trinajstić information content (AvgIpc) is 2.85. The maximum atomic E-state index is 12.4. The number of hydrogen-bond acceptors (Lipinski definition) is 4. The van der Waals surface area contributed by atoms with Crippen LogP contribution in [-0.4, -0.2) is 33.3 Å². The van der Waals surface area contributed by atoms with Crippen LogP contribution in [0.25, 0.3) is 0 Å². The molecule has 0 aliphatic carbocycles. The van der Waals surface area contributed by atoms with Gasteiger partial charge in [-0.1, -0.05) is 17.7 Å². The second-order valence-corrected chi connectivity index (χ2v) is 5.93. The van der Waals surface area contributed by atoms with Gasteiger partial charge in [-0.15, -0.1) is 0 Å². The largest absolute Gasteiger partial charge is 0.481 e. The Kier molecular flexibility index (Phi) is 5.58. The molecule has 4 N–H and O–H groups in total. The van der Waals surface area contributed by atoms with Gasteiger partial charge in [0.05, 0.1) is 22.8 Å². The van der Waals surface area contributed by atoms with E-state index in [2.05, 4.69) is 10.4 Å². The number of nitrogens with one attached hydrogen (secondary N) is 1. The van der Waals surface area contributed by atoms with Crippen molar-refractivity contribution in [1.29, 1.82) is 0 Å². The molecule has 8 heteroatoms. The summed E-state index contributed by atoms with van der Waals surface area (Å²) < 4.78 is 1.48.